The second-order valence-electron chi connectivity index (χ2n) is 6.99. The maximum absolute atomic E-state index is 12.9. The van der Waals surface area contributed by atoms with E-state index in [4.69, 9.17) is 9.47 Å². The smallest absolute Gasteiger partial charge is 0.284 e. The van der Waals surface area contributed by atoms with Crippen LogP contribution in [0.1, 0.15) is 36.1 Å². The van der Waals surface area contributed by atoms with Gasteiger partial charge in [0.2, 0.25) is 6.79 Å². The highest BCUT2D eigenvalue weighted by Gasteiger charge is 2.27. The molecule has 8 nitrogen and oxygen atoms in total. The van der Waals surface area contributed by atoms with E-state index in [2.05, 4.69) is 9.97 Å². The van der Waals surface area contributed by atoms with Crippen LogP contribution in [0.15, 0.2) is 16.9 Å². The number of nitro groups is 1. The first kappa shape index (κ1) is 17.2. The molecular weight excluding hydrogens is 382 g/mol. The molecule has 0 atom stereocenters. The molecule has 0 unspecified atom stereocenters. The van der Waals surface area contributed by atoms with Gasteiger partial charge in [-0.1, -0.05) is 12.8 Å². The topological polar surface area (TPSA) is 107 Å². The quantitative estimate of drug-likeness (QED) is 0.516. The van der Waals surface area contributed by atoms with E-state index in [1.807, 2.05) is 0 Å². The van der Waals surface area contributed by atoms with E-state index in [9.17, 15) is 14.9 Å². The van der Waals surface area contributed by atoms with E-state index in [1.54, 1.807) is 0 Å². The van der Waals surface area contributed by atoms with Crippen LogP contribution in [0, 0.1) is 10.1 Å². The van der Waals surface area contributed by atoms with E-state index >= 15 is 0 Å². The first-order chi connectivity index (χ1) is 13.6. The summed E-state index contributed by atoms with van der Waals surface area (Å²) < 4.78 is 10.6. The fourth-order valence-corrected chi connectivity index (χ4v) is 5.18. The number of thiophene rings is 1. The number of aryl methyl sites for hydroxylation is 2. The fraction of sp³-hybridized carbons (Fsp3) is 0.368. The summed E-state index contributed by atoms with van der Waals surface area (Å²) in [4.78, 5) is 33.2. The lowest BCUT2D eigenvalue weighted by Crippen LogP contribution is -2.11. The molecule has 28 heavy (non-hydrogen) atoms. The van der Waals surface area contributed by atoms with Crippen molar-refractivity contribution in [2.24, 2.45) is 0 Å². The Morgan fingerprint density at radius 2 is 1.86 bits per heavy atom. The average Bonchev–Trinajstić information content (AvgIpc) is 3.24. The molecule has 1 aliphatic carbocycles. The molecule has 0 radical (unpaired) electrons. The van der Waals surface area contributed by atoms with Crippen LogP contribution in [0.4, 0.5) is 5.69 Å². The Bertz CT molecular complexity index is 1170. The van der Waals surface area contributed by atoms with Crippen molar-refractivity contribution in [1.82, 2.24) is 9.97 Å². The van der Waals surface area contributed by atoms with Crippen molar-refractivity contribution < 1.29 is 14.4 Å². The van der Waals surface area contributed by atoms with Crippen molar-refractivity contribution in [3.63, 3.8) is 0 Å². The maximum atomic E-state index is 12.9. The second kappa shape index (κ2) is 6.59. The van der Waals surface area contributed by atoms with Crippen LogP contribution in [-0.2, 0) is 12.8 Å². The minimum absolute atomic E-state index is 0.0105. The number of nitro benzene ring substituents is 1. The summed E-state index contributed by atoms with van der Waals surface area (Å²) in [5, 5.41) is 12.2. The summed E-state index contributed by atoms with van der Waals surface area (Å²) in [5.74, 6) is 0.900. The Kier molecular flexibility index (Phi) is 4.04. The number of nitrogens with zero attached hydrogens (tertiary/aromatic N) is 2. The van der Waals surface area contributed by atoms with E-state index in [0.29, 0.717) is 21.7 Å². The Hall–Kier alpha value is -2.94. The van der Waals surface area contributed by atoms with E-state index in [0.717, 1.165) is 31.2 Å². The fourth-order valence-electron chi connectivity index (χ4n) is 3.92. The highest BCUT2D eigenvalue weighted by Crippen LogP contribution is 2.42. The van der Waals surface area contributed by atoms with Crippen LogP contribution in [-0.4, -0.2) is 21.7 Å². The van der Waals surface area contributed by atoms with Crippen molar-refractivity contribution >= 4 is 27.2 Å². The monoisotopic (exact) mass is 399 g/mol. The van der Waals surface area contributed by atoms with Gasteiger partial charge in [0, 0.05) is 10.9 Å². The first-order valence-corrected chi connectivity index (χ1v) is 10.1. The molecule has 0 bridgehead atoms. The number of fused-ring (bicyclic) bond motifs is 4. The molecule has 0 saturated heterocycles. The number of benzene rings is 1. The van der Waals surface area contributed by atoms with Crippen LogP contribution >= 0.6 is 11.3 Å². The van der Waals surface area contributed by atoms with Crippen LogP contribution in [0.2, 0.25) is 0 Å². The van der Waals surface area contributed by atoms with Crippen LogP contribution < -0.4 is 15.0 Å². The largest absolute Gasteiger partial charge is 0.454 e. The van der Waals surface area contributed by atoms with E-state index in [-0.39, 0.29) is 29.4 Å². The standard InChI is InChI=1S/C19H17N3O5S/c23-18-16-10-5-3-1-2-4-6-15(10)28-19(16)21-17(20-18)11-7-13-14(27-9-26-13)8-12(11)22(24)25/h7-8H,1-6,9H2,(H,20,21,23). The summed E-state index contributed by atoms with van der Waals surface area (Å²) >= 11 is 1.53. The van der Waals surface area contributed by atoms with Crippen LogP contribution in [0.5, 0.6) is 11.5 Å². The summed E-state index contributed by atoms with van der Waals surface area (Å²) in [6.45, 7) is 0.0105. The highest BCUT2D eigenvalue weighted by molar-refractivity contribution is 7.18. The maximum Gasteiger partial charge on any atom is 0.284 e. The van der Waals surface area contributed by atoms with Gasteiger partial charge in [-0.15, -0.1) is 11.3 Å². The lowest BCUT2D eigenvalue weighted by atomic mass is 9.98. The zero-order chi connectivity index (χ0) is 19.3. The normalized spacial score (nSPS) is 15.9. The molecule has 1 N–H and O–H groups in total. The lowest BCUT2D eigenvalue weighted by molar-refractivity contribution is -0.384. The lowest BCUT2D eigenvalue weighted by Gasteiger charge is -2.09. The Morgan fingerprint density at radius 3 is 2.64 bits per heavy atom. The van der Waals surface area contributed by atoms with Crippen molar-refractivity contribution in [2.75, 3.05) is 6.79 Å². The van der Waals surface area contributed by atoms with Crippen molar-refractivity contribution in [3.05, 3.63) is 43.0 Å². The molecule has 2 aromatic heterocycles. The number of hydrogen-bond donors (Lipinski definition) is 1. The summed E-state index contributed by atoms with van der Waals surface area (Å²) in [5.41, 5.74) is 0.890. The average molecular weight is 399 g/mol. The van der Waals surface area contributed by atoms with Crippen molar-refractivity contribution in [3.8, 4) is 22.9 Å². The first-order valence-electron chi connectivity index (χ1n) is 9.25. The number of ether oxygens (including phenoxy) is 2. The number of rotatable bonds is 2. The molecule has 3 aromatic rings. The number of hydrogen-bond acceptors (Lipinski definition) is 7. The van der Waals surface area contributed by atoms with Crippen molar-refractivity contribution in [2.45, 2.75) is 38.5 Å². The second-order valence-corrected chi connectivity index (χ2v) is 8.08. The molecule has 0 spiro atoms. The SMILES string of the molecule is O=c1[nH]c(-c2cc3c(cc2[N+](=O)[O-])OCO3)nc2sc3c(c12)CCCCCC3. The Balaban J connectivity index is 1.71. The van der Waals surface area contributed by atoms with Gasteiger partial charge < -0.3 is 14.5 Å². The zero-order valence-corrected chi connectivity index (χ0v) is 15.8. The van der Waals surface area contributed by atoms with Gasteiger partial charge in [-0.05, 0) is 31.2 Å². The van der Waals surface area contributed by atoms with Gasteiger partial charge in [-0.2, -0.15) is 0 Å². The molecule has 1 aromatic carbocycles. The Labute approximate surface area is 163 Å². The van der Waals surface area contributed by atoms with Crippen LogP contribution in [0.3, 0.4) is 0 Å². The van der Waals surface area contributed by atoms with Gasteiger partial charge in [0.1, 0.15) is 10.7 Å². The van der Waals surface area contributed by atoms with Gasteiger partial charge >= 0.3 is 0 Å². The molecule has 144 valence electrons. The molecule has 0 amide bonds. The van der Waals surface area contributed by atoms with Crippen LogP contribution in [0.25, 0.3) is 21.6 Å². The molecule has 0 saturated carbocycles. The third-order valence-electron chi connectivity index (χ3n) is 5.27. The number of aromatic nitrogens is 2. The molecule has 5 rings (SSSR count). The summed E-state index contributed by atoms with van der Waals surface area (Å²) in [6.07, 6.45) is 6.38. The van der Waals surface area contributed by atoms with Gasteiger partial charge in [-0.3, -0.25) is 14.9 Å². The third-order valence-corrected chi connectivity index (χ3v) is 6.45. The number of aromatic amines is 1. The number of H-pyrrole nitrogens is 1. The predicted molar refractivity (Wildman–Crippen MR) is 104 cm³/mol. The van der Waals surface area contributed by atoms with Gasteiger partial charge in [-0.25, -0.2) is 4.98 Å². The highest BCUT2D eigenvalue weighted by atomic mass is 32.1. The molecule has 0 fully saturated rings. The summed E-state index contributed by atoms with van der Waals surface area (Å²) in [6, 6.07) is 2.82. The zero-order valence-electron chi connectivity index (χ0n) is 14.9. The molecule has 2 aliphatic rings. The van der Waals surface area contributed by atoms with Gasteiger partial charge in [0.05, 0.1) is 21.9 Å². The number of nitrogens with one attached hydrogen (secondary N) is 1. The Morgan fingerprint density at radius 1 is 1.11 bits per heavy atom. The molecular formula is C19H17N3O5S. The summed E-state index contributed by atoms with van der Waals surface area (Å²) in [7, 11) is 0. The molecule has 1 aliphatic heterocycles. The minimum Gasteiger partial charge on any atom is -0.454 e. The molecule has 3 heterocycles. The van der Waals surface area contributed by atoms with Gasteiger partial charge in [0.25, 0.3) is 11.2 Å². The van der Waals surface area contributed by atoms with Gasteiger partial charge in [0.15, 0.2) is 11.5 Å². The van der Waals surface area contributed by atoms with E-state index in [1.165, 1.54) is 41.2 Å². The van der Waals surface area contributed by atoms with E-state index < -0.39 is 4.92 Å². The third kappa shape index (κ3) is 2.73. The predicted octanol–water partition coefficient (Wildman–Crippen LogP) is 3.95. The minimum atomic E-state index is -0.505. The van der Waals surface area contributed by atoms with Crippen molar-refractivity contribution in [1.29, 1.82) is 0 Å². The molecule has 9 heteroatoms.